The van der Waals surface area contributed by atoms with Gasteiger partial charge >= 0.3 is 5.97 Å². The number of benzene rings is 3. The van der Waals surface area contributed by atoms with Crippen molar-refractivity contribution < 1.29 is 22.7 Å². The Morgan fingerprint density at radius 2 is 1.55 bits per heavy atom. The van der Waals surface area contributed by atoms with Crippen LogP contribution in [0.2, 0.25) is 0 Å². The van der Waals surface area contributed by atoms with Gasteiger partial charge in [0.1, 0.15) is 0 Å². The van der Waals surface area contributed by atoms with Crippen LogP contribution in [0.25, 0.3) is 0 Å². The summed E-state index contributed by atoms with van der Waals surface area (Å²) >= 11 is 0. The molecule has 0 saturated carbocycles. The van der Waals surface area contributed by atoms with E-state index in [-0.39, 0.29) is 11.5 Å². The van der Waals surface area contributed by atoms with Gasteiger partial charge < -0.3 is 9.47 Å². The molecule has 5 rings (SSSR count). The van der Waals surface area contributed by atoms with E-state index in [1.54, 1.807) is 42.5 Å². The summed E-state index contributed by atoms with van der Waals surface area (Å²) in [5.41, 5.74) is 0.768. The summed E-state index contributed by atoms with van der Waals surface area (Å²) in [5.74, 6) is -0.533. The minimum absolute atomic E-state index is 0.103. The van der Waals surface area contributed by atoms with E-state index in [9.17, 15) is 13.2 Å². The lowest BCUT2D eigenvalue weighted by Gasteiger charge is -2.41. The minimum Gasteiger partial charge on any atom is -0.450 e. The quantitative estimate of drug-likeness (QED) is 0.535. The molecule has 0 bridgehead atoms. The predicted molar refractivity (Wildman–Crippen MR) is 122 cm³/mol. The second-order valence-corrected chi connectivity index (χ2v) is 9.95. The van der Waals surface area contributed by atoms with Gasteiger partial charge in [-0.3, -0.25) is 0 Å². The molecule has 33 heavy (non-hydrogen) atoms. The molecular formula is C26H23NO5S. The summed E-state index contributed by atoms with van der Waals surface area (Å²) < 4.78 is 41.8. The molecule has 1 fully saturated rings. The molecule has 2 heterocycles. The van der Waals surface area contributed by atoms with Crippen molar-refractivity contribution in [2.24, 2.45) is 0 Å². The number of aryl methyl sites for hydroxylation is 1. The number of carbonyl (C=O) groups is 1. The highest BCUT2D eigenvalue weighted by Gasteiger charge is 2.61. The molecule has 0 unspecified atom stereocenters. The van der Waals surface area contributed by atoms with Gasteiger partial charge in [-0.15, -0.1) is 4.31 Å². The molecule has 0 N–H and O–H groups in total. The zero-order valence-corrected chi connectivity index (χ0v) is 18.8. The summed E-state index contributed by atoms with van der Waals surface area (Å²) in [7, 11) is -4.08. The molecule has 0 radical (unpaired) electrons. The number of nitrogens with zero attached hydrogens (tertiary/aromatic N) is 1. The minimum atomic E-state index is -4.08. The molecule has 2 aliphatic rings. The number of rotatable bonds is 5. The normalized spacial score (nSPS) is 25.3. The Morgan fingerprint density at radius 3 is 2.15 bits per heavy atom. The zero-order valence-electron chi connectivity index (χ0n) is 18.0. The third-order valence-electron chi connectivity index (χ3n) is 6.06. The third-order valence-corrected chi connectivity index (χ3v) is 7.97. The lowest BCUT2D eigenvalue weighted by atomic mass is 9.96. The monoisotopic (exact) mass is 461 g/mol. The summed E-state index contributed by atoms with van der Waals surface area (Å²) in [6.45, 7) is 2.01. The molecule has 0 spiro atoms. The van der Waals surface area contributed by atoms with Crippen LogP contribution in [0.15, 0.2) is 102 Å². The van der Waals surface area contributed by atoms with E-state index in [1.807, 2.05) is 55.5 Å². The average Bonchev–Trinajstić information content (AvgIpc) is 3.46. The Kier molecular flexibility index (Phi) is 5.40. The van der Waals surface area contributed by atoms with Crippen LogP contribution >= 0.6 is 0 Å². The summed E-state index contributed by atoms with van der Waals surface area (Å²) in [5, 5.41) is 0. The van der Waals surface area contributed by atoms with Gasteiger partial charge in [-0.05, 0) is 30.7 Å². The number of cyclic esters (lactones) is 1. The molecular weight excluding hydrogens is 438 g/mol. The maximum atomic E-state index is 14.2. The van der Waals surface area contributed by atoms with E-state index >= 15 is 0 Å². The van der Waals surface area contributed by atoms with Crippen molar-refractivity contribution in [2.45, 2.75) is 29.7 Å². The van der Waals surface area contributed by atoms with Crippen molar-refractivity contribution in [3.05, 3.63) is 114 Å². The number of hydrogen-bond donors (Lipinski definition) is 0. The van der Waals surface area contributed by atoms with Gasteiger partial charge in [-0.2, -0.15) is 0 Å². The van der Waals surface area contributed by atoms with Gasteiger partial charge in [0.05, 0.1) is 17.5 Å². The first-order valence-electron chi connectivity index (χ1n) is 10.7. The Balaban J connectivity index is 1.76. The van der Waals surface area contributed by atoms with Crippen molar-refractivity contribution in [3.8, 4) is 0 Å². The molecule has 0 aliphatic carbocycles. The Bertz CT molecular complexity index is 1290. The summed E-state index contributed by atoms with van der Waals surface area (Å²) in [4.78, 5) is 12.2. The van der Waals surface area contributed by atoms with Crippen LogP contribution in [0.4, 0.5) is 0 Å². The van der Waals surface area contributed by atoms with Crippen LogP contribution in [0, 0.1) is 6.92 Å². The Hall–Kier alpha value is -3.26. The SMILES string of the molecule is Cc1ccc(S(=O)(=O)N2[C@H](c3ccccc3)CO[C@@]2(c2ccccc2)[C@@H]2C=CC(=O)O2)cc1. The molecule has 6 nitrogen and oxygen atoms in total. The van der Waals surface area contributed by atoms with Gasteiger partial charge in [0, 0.05) is 11.6 Å². The lowest BCUT2D eigenvalue weighted by molar-refractivity contribution is -0.165. The van der Waals surface area contributed by atoms with E-state index in [2.05, 4.69) is 0 Å². The molecule has 0 amide bonds. The van der Waals surface area contributed by atoms with Gasteiger partial charge in [0.2, 0.25) is 15.7 Å². The van der Waals surface area contributed by atoms with Gasteiger partial charge in [-0.25, -0.2) is 13.2 Å². The molecule has 1 saturated heterocycles. The molecule has 3 aromatic rings. The third kappa shape index (κ3) is 3.58. The van der Waals surface area contributed by atoms with Crippen molar-refractivity contribution in [1.29, 1.82) is 0 Å². The number of hydrogen-bond acceptors (Lipinski definition) is 5. The fourth-order valence-corrected chi connectivity index (χ4v) is 6.33. The fourth-order valence-electron chi connectivity index (χ4n) is 4.48. The van der Waals surface area contributed by atoms with Gasteiger partial charge in [0.15, 0.2) is 6.10 Å². The first-order chi connectivity index (χ1) is 15.9. The van der Waals surface area contributed by atoms with Crippen LogP contribution in [-0.2, 0) is 30.0 Å². The largest absolute Gasteiger partial charge is 0.450 e. The second kappa shape index (κ2) is 8.26. The van der Waals surface area contributed by atoms with Crippen LogP contribution in [0.3, 0.4) is 0 Å². The molecule has 3 atom stereocenters. The van der Waals surface area contributed by atoms with E-state index in [4.69, 9.17) is 9.47 Å². The second-order valence-electron chi connectivity index (χ2n) is 8.13. The molecule has 168 valence electrons. The summed E-state index contributed by atoms with van der Waals surface area (Å²) in [6, 6.07) is 24.5. The predicted octanol–water partition coefficient (Wildman–Crippen LogP) is 4.09. The number of esters is 1. The van der Waals surface area contributed by atoms with Gasteiger partial charge in [-0.1, -0.05) is 78.4 Å². The highest BCUT2D eigenvalue weighted by molar-refractivity contribution is 7.89. The number of sulfonamides is 1. The maximum absolute atomic E-state index is 14.2. The Morgan fingerprint density at radius 1 is 0.909 bits per heavy atom. The van der Waals surface area contributed by atoms with E-state index in [1.165, 1.54) is 10.4 Å². The first kappa shape index (κ1) is 21.6. The highest BCUT2D eigenvalue weighted by atomic mass is 32.2. The maximum Gasteiger partial charge on any atom is 0.331 e. The zero-order chi connectivity index (χ0) is 23.1. The van der Waals surface area contributed by atoms with E-state index in [0.717, 1.165) is 11.1 Å². The average molecular weight is 462 g/mol. The van der Waals surface area contributed by atoms with E-state index in [0.29, 0.717) is 5.56 Å². The van der Waals surface area contributed by atoms with Crippen molar-refractivity contribution >= 4 is 16.0 Å². The highest BCUT2D eigenvalue weighted by Crippen LogP contribution is 2.50. The van der Waals surface area contributed by atoms with Gasteiger partial charge in [0.25, 0.3) is 0 Å². The van der Waals surface area contributed by atoms with Crippen LogP contribution in [0.1, 0.15) is 22.7 Å². The summed E-state index contributed by atoms with van der Waals surface area (Å²) in [6.07, 6.45) is 1.94. The van der Waals surface area contributed by atoms with Crippen LogP contribution in [0.5, 0.6) is 0 Å². The fraction of sp³-hybridized carbons (Fsp3) is 0.192. The lowest BCUT2D eigenvalue weighted by Crippen LogP contribution is -2.54. The smallest absolute Gasteiger partial charge is 0.331 e. The van der Waals surface area contributed by atoms with E-state index < -0.39 is 33.9 Å². The Labute approximate surface area is 193 Å². The van der Waals surface area contributed by atoms with Crippen LogP contribution in [-0.4, -0.2) is 31.4 Å². The first-order valence-corrected chi connectivity index (χ1v) is 12.1. The van der Waals surface area contributed by atoms with Crippen molar-refractivity contribution in [3.63, 3.8) is 0 Å². The number of ether oxygens (including phenoxy) is 2. The van der Waals surface area contributed by atoms with Crippen LogP contribution < -0.4 is 0 Å². The van der Waals surface area contributed by atoms with Crippen molar-refractivity contribution in [2.75, 3.05) is 6.61 Å². The van der Waals surface area contributed by atoms with Crippen molar-refractivity contribution in [1.82, 2.24) is 4.31 Å². The molecule has 3 aromatic carbocycles. The topological polar surface area (TPSA) is 72.9 Å². The number of carbonyl (C=O) groups excluding carboxylic acids is 1. The molecule has 0 aromatic heterocycles. The standard InChI is InChI=1S/C26H23NO5S/c1-19-12-14-22(15-13-19)33(29,30)27-23(20-8-4-2-5-9-20)18-31-26(27,21-10-6-3-7-11-21)24-16-17-25(28)32-24/h2-17,23-24H,18H2,1H3/t23-,24-,26-/m0/s1. The molecule has 2 aliphatic heterocycles. The molecule has 7 heteroatoms.